The summed E-state index contributed by atoms with van der Waals surface area (Å²) in [6, 6.07) is 3.40. The quantitative estimate of drug-likeness (QED) is 0.716. The Hall–Kier alpha value is -3.49. The van der Waals surface area contributed by atoms with Crippen LogP contribution in [0.25, 0.3) is 23.4 Å². The van der Waals surface area contributed by atoms with Crippen molar-refractivity contribution in [2.45, 2.75) is 0 Å². The van der Waals surface area contributed by atoms with Crippen LogP contribution in [-0.4, -0.2) is 40.8 Å². The number of fused-ring (bicyclic) bond motifs is 1. The Balaban J connectivity index is 2.08. The molecule has 9 heteroatoms. The van der Waals surface area contributed by atoms with Gasteiger partial charge in [0, 0.05) is 6.20 Å². The number of rotatable bonds is 5. The van der Waals surface area contributed by atoms with Crippen LogP contribution in [0.4, 0.5) is 0 Å². The second-order valence-corrected chi connectivity index (χ2v) is 5.01. The fourth-order valence-corrected chi connectivity index (χ4v) is 2.42. The van der Waals surface area contributed by atoms with Gasteiger partial charge in [0.05, 0.1) is 27.7 Å². The highest BCUT2D eigenvalue weighted by Gasteiger charge is 2.12. The lowest BCUT2D eigenvalue weighted by atomic mass is 10.2. The number of hydrogen-bond donors (Lipinski definition) is 2. The van der Waals surface area contributed by atoms with Gasteiger partial charge in [0.15, 0.2) is 17.1 Å². The average Bonchev–Trinajstić information content (AvgIpc) is 3.08. The number of imidazole rings is 1. The van der Waals surface area contributed by atoms with Crippen LogP contribution < -0.4 is 25.5 Å². The molecule has 9 nitrogen and oxygen atoms in total. The number of hydrogen-bond acceptors (Lipinski definition) is 6. The number of aromatic amines is 2. The number of methoxy groups -OCH3 is 3. The number of ether oxygens (including phenoxy) is 3. The highest BCUT2D eigenvalue weighted by atomic mass is 16.5. The molecule has 130 valence electrons. The first kappa shape index (κ1) is 16.4. The van der Waals surface area contributed by atoms with Crippen molar-refractivity contribution in [1.82, 2.24) is 19.5 Å². The van der Waals surface area contributed by atoms with Crippen LogP contribution in [0.3, 0.4) is 0 Å². The van der Waals surface area contributed by atoms with Crippen molar-refractivity contribution in [3.05, 3.63) is 44.9 Å². The molecule has 0 saturated carbocycles. The van der Waals surface area contributed by atoms with Crippen molar-refractivity contribution < 1.29 is 14.2 Å². The summed E-state index contributed by atoms with van der Waals surface area (Å²) in [5.41, 5.74) is 0.000295. The monoisotopic (exact) mass is 344 g/mol. The molecule has 1 aromatic carbocycles. The molecule has 0 aliphatic rings. The third-order valence-corrected chi connectivity index (χ3v) is 3.62. The Morgan fingerprint density at radius 1 is 1.08 bits per heavy atom. The number of nitrogens with one attached hydrogen (secondary N) is 2. The molecule has 3 aromatic rings. The predicted octanol–water partition coefficient (Wildman–Crippen LogP) is 1.07. The molecule has 0 saturated heterocycles. The normalized spacial score (nSPS) is 11.2. The van der Waals surface area contributed by atoms with Gasteiger partial charge in [0.25, 0.3) is 5.56 Å². The summed E-state index contributed by atoms with van der Waals surface area (Å²) in [7, 11) is 4.52. The van der Waals surface area contributed by atoms with Crippen LogP contribution in [0.2, 0.25) is 0 Å². The molecule has 0 radical (unpaired) electrons. The molecule has 0 fully saturated rings. The summed E-state index contributed by atoms with van der Waals surface area (Å²) in [6.45, 7) is 0. The first-order valence-corrected chi connectivity index (χ1v) is 7.25. The van der Waals surface area contributed by atoms with Crippen molar-refractivity contribution >= 4 is 23.4 Å². The zero-order chi connectivity index (χ0) is 18.0. The van der Waals surface area contributed by atoms with E-state index in [0.29, 0.717) is 22.8 Å². The minimum Gasteiger partial charge on any atom is -0.493 e. The number of aromatic nitrogens is 4. The molecule has 0 atom stereocenters. The van der Waals surface area contributed by atoms with Gasteiger partial charge < -0.3 is 19.2 Å². The maximum atomic E-state index is 12.3. The van der Waals surface area contributed by atoms with Gasteiger partial charge >= 0.3 is 5.69 Å². The molecule has 2 heterocycles. The van der Waals surface area contributed by atoms with E-state index >= 15 is 0 Å². The van der Waals surface area contributed by atoms with Gasteiger partial charge in [0.2, 0.25) is 5.75 Å². The lowest BCUT2D eigenvalue weighted by Crippen LogP contribution is -2.31. The molecule has 0 bridgehead atoms. The molecule has 2 N–H and O–H groups in total. The highest BCUT2D eigenvalue weighted by molar-refractivity contribution is 5.71. The molecular weight excluding hydrogens is 328 g/mol. The van der Waals surface area contributed by atoms with Crippen LogP contribution >= 0.6 is 0 Å². The van der Waals surface area contributed by atoms with Crippen LogP contribution in [-0.2, 0) is 0 Å². The molecule has 0 unspecified atom stereocenters. The van der Waals surface area contributed by atoms with E-state index in [1.54, 1.807) is 18.2 Å². The lowest BCUT2D eigenvalue weighted by Gasteiger charge is -2.12. The van der Waals surface area contributed by atoms with E-state index in [0.717, 1.165) is 4.57 Å². The number of H-pyrrole nitrogens is 2. The molecule has 0 spiro atoms. The van der Waals surface area contributed by atoms with Gasteiger partial charge in [-0.2, -0.15) is 0 Å². The van der Waals surface area contributed by atoms with Crippen molar-refractivity contribution in [3.63, 3.8) is 0 Å². The number of nitrogens with zero attached hydrogens (tertiary/aromatic N) is 2. The zero-order valence-corrected chi connectivity index (χ0v) is 13.8. The minimum atomic E-state index is -0.590. The molecule has 2 aromatic heterocycles. The Morgan fingerprint density at radius 3 is 2.36 bits per heavy atom. The minimum absolute atomic E-state index is 0.215. The van der Waals surface area contributed by atoms with Gasteiger partial charge in [-0.3, -0.25) is 9.78 Å². The summed E-state index contributed by atoms with van der Waals surface area (Å²) >= 11 is 0. The lowest BCUT2D eigenvalue weighted by molar-refractivity contribution is 0.324. The van der Waals surface area contributed by atoms with E-state index in [1.807, 2.05) is 0 Å². The van der Waals surface area contributed by atoms with E-state index < -0.39 is 11.2 Å². The smallest absolute Gasteiger partial charge is 0.334 e. The van der Waals surface area contributed by atoms with Gasteiger partial charge in [-0.1, -0.05) is 0 Å². The van der Waals surface area contributed by atoms with Crippen molar-refractivity contribution in [3.8, 4) is 17.2 Å². The summed E-state index contributed by atoms with van der Waals surface area (Å²) in [5.74, 6) is 1.38. The molecule has 3 rings (SSSR count). The topological polar surface area (TPSA) is 111 Å². The van der Waals surface area contributed by atoms with E-state index in [2.05, 4.69) is 15.0 Å². The fourth-order valence-electron chi connectivity index (χ4n) is 2.42. The molecule has 0 aliphatic heterocycles. The Labute approximate surface area is 141 Å². The summed E-state index contributed by atoms with van der Waals surface area (Å²) in [5, 5.41) is 0. The van der Waals surface area contributed by atoms with Gasteiger partial charge in [-0.05, 0) is 23.8 Å². The van der Waals surface area contributed by atoms with Crippen LogP contribution in [0.5, 0.6) is 17.2 Å². The Kier molecular flexibility index (Phi) is 4.29. The third-order valence-electron chi connectivity index (χ3n) is 3.62. The Morgan fingerprint density at radius 2 is 1.76 bits per heavy atom. The number of benzene rings is 1. The summed E-state index contributed by atoms with van der Waals surface area (Å²) < 4.78 is 16.8. The Bertz CT molecular complexity index is 1040. The van der Waals surface area contributed by atoms with Gasteiger partial charge in [-0.25, -0.2) is 14.3 Å². The van der Waals surface area contributed by atoms with Crippen molar-refractivity contribution in [1.29, 1.82) is 0 Å². The molecule has 0 amide bonds. The zero-order valence-electron chi connectivity index (χ0n) is 13.8. The molecular formula is C16H16N4O5. The van der Waals surface area contributed by atoms with Gasteiger partial charge in [0.1, 0.15) is 5.52 Å². The van der Waals surface area contributed by atoms with Crippen molar-refractivity contribution in [2.24, 2.45) is 0 Å². The maximum Gasteiger partial charge on any atom is 0.334 e. The van der Waals surface area contributed by atoms with Crippen LogP contribution in [0.15, 0.2) is 28.0 Å². The standard InChI is InChI=1S/C16H16N4O5/c1-23-10-6-9(7-11(24-2)13(10)25-3)4-5-20-15(21)12-14(18-8-17-12)19-16(20)22/h4-8H,1-3H3,(H,17,18)(H,19,22)/b5-4+. The van der Waals surface area contributed by atoms with E-state index in [9.17, 15) is 9.59 Å². The first-order chi connectivity index (χ1) is 12.1. The van der Waals surface area contributed by atoms with Crippen LogP contribution in [0, 0.1) is 0 Å². The summed E-state index contributed by atoms with van der Waals surface area (Å²) in [4.78, 5) is 33.5. The van der Waals surface area contributed by atoms with Crippen LogP contribution in [0.1, 0.15) is 5.56 Å². The molecule has 0 aliphatic carbocycles. The van der Waals surface area contributed by atoms with E-state index in [4.69, 9.17) is 14.2 Å². The average molecular weight is 344 g/mol. The first-order valence-electron chi connectivity index (χ1n) is 7.25. The molecule has 25 heavy (non-hydrogen) atoms. The largest absolute Gasteiger partial charge is 0.493 e. The second kappa shape index (κ2) is 6.56. The fraction of sp³-hybridized carbons (Fsp3) is 0.188. The van der Waals surface area contributed by atoms with E-state index in [1.165, 1.54) is 33.9 Å². The van der Waals surface area contributed by atoms with Crippen molar-refractivity contribution in [2.75, 3.05) is 21.3 Å². The highest BCUT2D eigenvalue weighted by Crippen LogP contribution is 2.38. The SMILES string of the molecule is COc1cc(/C=C/n2c(=O)[nH]c3nc[nH]c3c2=O)cc(OC)c1OC. The van der Waals surface area contributed by atoms with E-state index in [-0.39, 0.29) is 11.2 Å². The third kappa shape index (κ3) is 2.87. The maximum absolute atomic E-state index is 12.3. The summed E-state index contributed by atoms with van der Waals surface area (Å²) in [6.07, 6.45) is 4.29. The van der Waals surface area contributed by atoms with Gasteiger partial charge in [-0.15, -0.1) is 0 Å². The second-order valence-electron chi connectivity index (χ2n) is 5.01. The predicted molar refractivity (Wildman–Crippen MR) is 92.3 cm³/mol.